The van der Waals surface area contributed by atoms with Crippen molar-refractivity contribution >= 4 is 0 Å². The van der Waals surface area contributed by atoms with Gasteiger partial charge in [-0.3, -0.25) is 0 Å². The van der Waals surface area contributed by atoms with Crippen molar-refractivity contribution in [3.05, 3.63) is 34.4 Å². The Labute approximate surface area is 86.3 Å². The molecule has 0 saturated heterocycles. The van der Waals surface area contributed by atoms with Crippen LogP contribution in [0.2, 0.25) is 0 Å². The van der Waals surface area contributed by atoms with Crippen LogP contribution in [0.1, 0.15) is 22.3 Å². The second-order valence-corrected chi connectivity index (χ2v) is 3.72. The van der Waals surface area contributed by atoms with Crippen LogP contribution in [0.5, 0.6) is 0 Å². The van der Waals surface area contributed by atoms with Gasteiger partial charge in [0.05, 0.1) is 0 Å². The van der Waals surface area contributed by atoms with Crippen LogP contribution in [0.25, 0.3) is 0 Å². The smallest absolute Gasteiger partial charge is 0.00365 e. The van der Waals surface area contributed by atoms with E-state index in [4.69, 9.17) is 11.5 Å². The Kier molecular flexibility index (Phi) is 4.11. The molecule has 0 unspecified atom stereocenters. The summed E-state index contributed by atoms with van der Waals surface area (Å²) in [6, 6.07) is 4.35. The molecule has 0 aromatic heterocycles. The van der Waals surface area contributed by atoms with Crippen LogP contribution in [0.4, 0.5) is 0 Å². The number of nitrogens with two attached hydrogens (primary N) is 2. The van der Waals surface area contributed by atoms with Gasteiger partial charge in [0, 0.05) is 0 Å². The molecule has 0 aliphatic heterocycles. The van der Waals surface area contributed by atoms with Crippen molar-refractivity contribution in [3.63, 3.8) is 0 Å². The fourth-order valence-electron chi connectivity index (χ4n) is 1.90. The molecule has 0 amide bonds. The molecule has 1 aromatic carbocycles. The van der Waals surface area contributed by atoms with E-state index in [1.807, 2.05) is 0 Å². The van der Waals surface area contributed by atoms with E-state index >= 15 is 0 Å². The second kappa shape index (κ2) is 5.13. The summed E-state index contributed by atoms with van der Waals surface area (Å²) in [5, 5.41) is 0. The van der Waals surface area contributed by atoms with Gasteiger partial charge >= 0.3 is 0 Å². The highest BCUT2D eigenvalue weighted by Gasteiger charge is 2.05. The Morgan fingerprint density at radius 2 is 1.64 bits per heavy atom. The van der Waals surface area contributed by atoms with Crippen LogP contribution in [0.3, 0.4) is 0 Å². The molecule has 0 fully saturated rings. The zero-order valence-electron chi connectivity index (χ0n) is 9.14. The Morgan fingerprint density at radius 1 is 1.00 bits per heavy atom. The van der Waals surface area contributed by atoms with E-state index in [2.05, 4.69) is 26.0 Å². The third-order valence-corrected chi connectivity index (χ3v) is 2.75. The molecule has 0 atom stereocenters. The van der Waals surface area contributed by atoms with Crippen molar-refractivity contribution in [1.82, 2.24) is 0 Å². The van der Waals surface area contributed by atoms with E-state index < -0.39 is 0 Å². The number of rotatable bonds is 4. The first-order valence-corrected chi connectivity index (χ1v) is 5.18. The molecule has 2 nitrogen and oxygen atoms in total. The molecule has 0 aliphatic rings. The van der Waals surface area contributed by atoms with Crippen LogP contribution in [0, 0.1) is 13.8 Å². The van der Waals surface area contributed by atoms with E-state index in [0.29, 0.717) is 13.1 Å². The topological polar surface area (TPSA) is 52.0 Å². The van der Waals surface area contributed by atoms with Gasteiger partial charge in [-0.15, -0.1) is 0 Å². The van der Waals surface area contributed by atoms with Gasteiger partial charge < -0.3 is 11.5 Å². The molecule has 0 spiro atoms. The summed E-state index contributed by atoms with van der Waals surface area (Å²) in [5.41, 5.74) is 16.6. The van der Waals surface area contributed by atoms with Crippen molar-refractivity contribution in [1.29, 1.82) is 0 Å². The number of hydrogen-bond acceptors (Lipinski definition) is 2. The summed E-state index contributed by atoms with van der Waals surface area (Å²) < 4.78 is 0. The highest BCUT2D eigenvalue weighted by Crippen LogP contribution is 2.18. The van der Waals surface area contributed by atoms with E-state index in [9.17, 15) is 0 Å². The Bertz CT molecular complexity index is 305. The molecule has 0 saturated carbocycles. The van der Waals surface area contributed by atoms with Crippen molar-refractivity contribution in [2.24, 2.45) is 11.5 Å². The fraction of sp³-hybridized carbons (Fsp3) is 0.500. The maximum atomic E-state index is 5.60. The molecule has 0 bridgehead atoms. The van der Waals surface area contributed by atoms with Gasteiger partial charge in [0.25, 0.3) is 0 Å². The summed E-state index contributed by atoms with van der Waals surface area (Å²) in [7, 11) is 0. The lowest BCUT2D eigenvalue weighted by Crippen LogP contribution is -2.09. The lowest BCUT2D eigenvalue weighted by atomic mass is 9.94. The average Bonchev–Trinajstić information content (AvgIpc) is 2.17. The number of benzene rings is 1. The largest absolute Gasteiger partial charge is 0.330 e. The monoisotopic (exact) mass is 192 g/mol. The lowest BCUT2D eigenvalue weighted by molar-refractivity contribution is 0.913. The highest BCUT2D eigenvalue weighted by atomic mass is 14.5. The van der Waals surface area contributed by atoms with Crippen LogP contribution in [-0.2, 0) is 12.8 Å². The maximum absolute atomic E-state index is 5.60. The van der Waals surface area contributed by atoms with Crippen LogP contribution < -0.4 is 11.5 Å². The zero-order chi connectivity index (χ0) is 10.6. The van der Waals surface area contributed by atoms with Crippen molar-refractivity contribution in [2.75, 3.05) is 13.1 Å². The van der Waals surface area contributed by atoms with Gasteiger partial charge in [0.1, 0.15) is 0 Å². The molecular formula is C12H20N2. The van der Waals surface area contributed by atoms with Gasteiger partial charge in [-0.2, -0.15) is 0 Å². The summed E-state index contributed by atoms with van der Waals surface area (Å²) in [5.74, 6) is 0. The summed E-state index contributed by atoms with van der Waals surface area (Å²) >= 11 is 0. The molecule has 1 rings (SSSR count). The Morgan fingerprint density at radius 3 is 2.21 bits per heavy atom. The third kappa shape index (κ3) is 2.34. The van der Waals surface area contributed by atoms with Gasteiger partial charge in [-0.1, -0.05) is 12.1 Å². The normalized spacial score (nSPS) is 10.6. The second-order valence-electron chi connectivity index (χ2n) is 3.72. The van der Waals surface area contributed by atoms with Crippen molar-refractivity contribution in [3.8, 4) is 0 Å². The molecule has 78 valence electrons. The van der Waals surface area contributed by atoms with E-state index in [-0.39, 0.29) is 0 Å². The van der Waals surface area contributed by atoms with Gasteiger partial charge in [-0.25, -0.2) is 0 Å². The minimum absolute atomic E-state index is 0.714. The molecule has 0 heterocycles. The quantitative estimate of drug-likeness (QED) is 0.755. The molecule has 2 heteroatoms. The summed E-state index contributed by atoms with van der Waals surface area (Å²) in [6.07, 6.45) is 1.93. The zero-order valence-corrected chi connectivity index (χ0v) is 9.14. The summed E-state index contributed by atoms with van der Waals surface area (Å²) in [6.45, 7) is 5.74. The average molecular weight is 192 g/mol. The lowest BCUT2D eigenvalue weighted by Gasteiger charge is -2.13. The molecule has 14 heavy (non-hydrogen) atoms. The summed E-state index contributed by atoms with van der Waals surface area (Å²) in [4.78, 5) is 0. The van der Waals surface area contributed by atoms with Gasteiger partial charge in [-0.05, 0) is 62.0 Å². The Hall–Kier alpha value is -0.860. The Balaban J connectivity index is 3.05. The minimum Gasteiger partial charge on any atom is -0.330 e. The molecular weight excluding hydrogens is 172 g/mol. The van der Waals surface area contributed by atoms with E-state index in [1.165, 1.54) is 22.3 Å². The first kappa shape index (κ1) is 11.2. The molecule has 0 radical (unpaired) electrons. The molecule has 4 N–H and O–H groups in total. The van der Waals surface area contributed by atoms with Gasteiger partial charge in [0.15, 0.2) is 0 Å². The van der Waals surface area contributed by atoms with Crippen molar-refractivity contribution < 1.29 is 0 Å². The first-order valence-electron chi connectivity index (χ1n) is 5.18. The SMILES string of the molecule is Cc1ccc(CCN)c(C)c1CCN. The van der Waals surface area contributed by atoms with Crippen LogP contribution in [-0.4, -0.2) is 13.1 Å². The number of aryl methyl sites for hydroxylation is 1. The van der Waals surface area contributed by atoms with Crippen molar-refractivity contribution in [2.45, 2.75) is 26.7 Å². The standard InChI is InChI=1S/C12H20N2/c1-9-3-4-11(5-7-13)10(2)12(9)6-8-14/h3-4H,5-8,13-14H2,1-2H3. The fourth-order valence-corrected chi connectivity index (χ4v) is 1.90. The third-order valence-electron chi connectivity index (χ3n) is 2.75. The predicted octanol–water partition coefficient (Wildman–Crippen LogP) is 1.31. The highest BCUT2D eigenvalue weighted by molar-refractivity contribution is 5.40. The maximum Gasteiger partial charge on any atom is -0.00365 e. The minimum atomic E-state index is 0.714. The first-order chi connectivity index (χ1) is 6.70. The number of hydrogen-bond donors (Lipinski definition) is 2. The van der Waals surface area contributed by atoms with E-state index in [0.717, 1.165) is 12.8 Å². The van der Waals surface area contributed by atoms with Crippen LogP contribution in [0.15, 0.2) is 12.1 Å². The predicted molar refractivity (Wildman–Crippen MR) is 61.4 cm³/mol. The van der Waals surface area contributed by atoms with Crippen LogP contribution >= 0.6 is 0 Å². The molecule has 1 aromatic rings. The van der Waals surface area contributed by atoms with Gasteiger partial charge in [0.2, 0.25) is 0 Å². The van der Waals surface area contributed by atoms with E-state index in [1.54, 1.807) is 0 Å². The molecule has 0 aliphatic carbocycles.